The molecule has 1 N–H and O–H groups in total. The monoisotopic (exact) mass is 278 g/mol. The van der Waals surface area contributed by atoms with Gasteiger partial charge in [0.15, 0.2) is 0 Å². The van der Waals surface area contributed by atoms with Crippen LogP contribution in [0.1, 0.15) is 13.3 Å². The normalized spacial score (nSPS) is 20.4. The fourth-order valence-electron chi connectivity index (χ4n) is 1.80. The van der Waals surface area contributed by atoms with Gasteiger partial charge in [-0.25, -0.2) is 8.42 Å². The molecule has 0 aliphatic carbocycles. The van der Waals surface area contributed by atoms with E-state index in [0.29, 0.717) is 13.0 Å². The number of rotatable bonds is 5. The van der Waals surface area contributed by atoms with E-state index in [1.165, 1.54) is 18.9 Å². The Morgan fingerprint density at radius 3 is 2.50 bits per heavy atom. The van der Waals surface area contributed by atoms with Crippen LogP contribution in [-0.4, -0.2) is 67.0 Å². The summed E-state index contributed by atoms with van der Waals surface area (Å²) in [5.74, 6) is -1.87. The molecule has 1 aliphatic rings. The first-order valence-electron chi connectivity index (χ1n) is 5.72. The van der Waals surface area contributed by atoms with Crippen molar-refractivity contribution in [3.63, 3.8) is 0 Å². The van der Waals surface area contributed by atoms with Crippen molar-refractivity contribution >= 4 is 21.9 Å². The second-order valence-corrected chi connectivity index (χ2v) is 6.68. The molecule has 1 unspecified atom stereocenters. The van der Waals surface area contributed by atoms with E-state index in [1.807, 2.05) is 0 Å². The standard InChI is InChI=1S/C10H18N2O5S/c1-3-18(16,17)11(2)7-9(13)12-5-4-8(6-12)10(14)15/h8H,3-7H2,1-2H3,(H,14,15). The Balaban J connectivity index is 2.55. The van der Waals surface area contributed by atoms with Gasteiger partial charge in [-0.1, -0.05) is 0 Å². The van der Waals surface area contributed by atoms with Crippen LogP contribution in [0.5, 0.6) is 0 Å². The zero-order valence-electron chi connectivity index (χ0n) is 10.5. The lowest BCUT2D eigenvalue weighted by molar-refractivity contribution is -0.141. The molecule has 1 fully saturated rings. The number of hydrogen-bond acceptors (Lipinski definition) is 4. The SMILES string of the molecule is CCS(=O)(=O)N(C)CC(=O)N1CCC(C(=O)O)C1. The molecule has 0 aromatic heterocycles. The highest BCUT2D eigenvalue weighted by Crippen LogP contribution is 2.16. The first kappa shape index (κ1) is 14.9. The van der Waals surface area contributed by atoms with Gasteiger partial charge in [0.2, 0.25) is 15.9 Å². The average Bonchev–Trinajstić information content (AvgIpc) is 2.78. The first-order chi connectivity index (χ1) is 8.27. The Bertz CT molecular complexity index is 434. The molecule has 0 radical (unpaired) electrons. The summed E-state index contributed by atoms with van der Waals surface area (Å²) in [5, 5.41) is 8.82. The lowest BCUT2D eigenvalue weighted by Crippen LogP contribution is -2.40. The first-order valence-corrected chi connectivity index (χ1v) is 7.33. The fraction of sp³-hybridized carbons (Fsp3) is 0.800. The zero-order chi connectivity index (χ0) is 13.9. The van der Waals surface area contributed by atoms with Crippen molar-refractivity contribution in [3.8, 4) is 0 Å². The largest absolute Gasteiger partial charge is 0.481 e. The van der Waals surface area contributed by atoms with Crippen LogP contribution in [0.3, 0.4) is 0 Å². The minimum absolute atomic E-state index is 0.0610. The van der Waals surface area contributed by atoms with Crippen molar-refractivity contribution in [2.24, 2.45) is 5.92 Å². The van der Waals surface area contributed by atoms with Crippen molar-refractivity contribution in [2.45, 2.75) is 13.3 Å². The van der Waals surface area contributed by atoms with Crippen LogP contribution in [0.15, 0.2) is 0 Å². The Morgan fingerprint density at radius 1 is 1.44 bits per heavy atom. The van der Waals surface area contributed by atoms with E-state index in [4.69, 9.17) is 5.11 Å². The molecule has 1 heterocycles. The quantitative estimate of drug-likeness (QED) is 0.710. The predicted molar refractivity (Wildman–Crippen MR) is 64.4 cm³/mol. The summed E-state index contributed by atoms with van der Waals surface area (Å²) < 4.78 is 24.0. The summed E-state index contributed by atoms with van der Waals surface area (Å²) in [6, 6.07) is 0. The number of carboxylic acids is 1. The average molecular weight is 278 g/mol. The number of likely N-dealkylation sites (N-methyl/N-ethyl adjacent to an activating group) is 1. The lowest BCUT2D eigenvalue weighted by Gasteiger charge is -2.20. The number of hydrogen-bond donors (Lipinski definition) is 1. The molecule has 104 valence electrons. The van der Waals surface area contributed by atoms with Gasteiger partial charge in [0.05, 0.1) is 18.2 Å². The highest BCUT2D eigenvalue weighted by molar-refractivity contribution is 7.89. The highest BCUT2D eigenvalue weighted by atomic mass is 32.2. The third-order valence-corrected chi connectivity index (χ3v) is 4.90. The number of amides is 1. The number of sulfonamides is 1. The molecule has 8 heteroatoms. The van der Waals surface area contributed by atoms with E-state index >= 15 is 0 Å². The minimum Gasteiger partial charge on any atom is -0.481 e. The maximum atomic E-state index is 11.8. The molecule has 0 saturated carbocycles. The number of nitrogens with zero attached hydrogens (tertiary/aromatic N) is 2. The molecule has 1 saturated heterocycles. The maximum Gasteiger partial charge on any atom is 0.308 e. The van der Waals surface area contributed by atoms with Crippen LogP contribution < -0.4 is 0 Å². The van der Waals surface area contributed by atoms with E-state index in [1.54, 1.807) is 0 Å². The van der Waals surface area contributed by atoms with E-state index in [0.717, 1.165) is 4.31 Å². The molecular weight excluding hydrogens is 260 g/mol. The summed E-state index contributed by atoms with van der Waals surface area (Å²) in [7, 11) is -2.03. The molecule has 7 nitrogen and oxygen atoms in total. The Hall–Kier alpha value is -1.15. The summed E-state index contributed by atoms with van der Waals surface area (Å²) in [6.45, 7) is 1.80. The predicted octanol–water partition coefficient (Wildman–Crippen LogP) is -0.799. The van der Waals surface area contributed by atoms with Crippen LogP contribution in [0.25, 0.3) is 0 Å². The highest BCUT2D eigenvalue weighted by Gasteiger charge is 2.32. The fourth-order valence-corrected chi connectivity index (χ4v) is 2.55. The number of carbonyl (C=O) groups excluding carboxylic acids is 1. The number of carboxylic acid groups (broad SMARTS) is 1. The molecule has 1 amide bonds. The van der Waals surface area contributed by atoms with Gasteiger partial charge in [0.25, 0.3) is 0 Å². The van der Waals surface area contributed by atoms with Crippen molar-refractivity contribution in [3.05, 3.63) is 0 Å². The van der Waals surface area contributed by atoms with Crippen molar-refractivity contribution in [1.29, 1.82) is 0 Å². The van der Waals surface area contributed by atoms with Gasteiger partial charge in [-0.2, -0.15) is 4.31 Å². The second-order valence-electron chi connectivity index (χ2n) is 4.32. The zero-order valence-corrected chi connectivity index (χ0v) is 11.3. The van der Waals surface area contributed by atoms with Crippen LogP contribution >= 0.6 is 0 Å². The smallest absolute Gasteiger partial charge is 0.308 e. The molecule has 1 rings (SSSR count). The minimum atomic E-state index is -3.38. The van der Waals surface area contributed by atoms with Gasteiger partial charge in [-0.15, -0.1) is 0 Å². The number of likely N-dealkylation sites (tertiary alicyclic amines) is 1. The van der Waals surface area contributed by atoms with E-state index < -0.39 is 21.9 Å². The molecule has 1 aliphatic heterocycles. The number of carbonyl (C=O) groups is 2. The van der Waals surface area contributed by atoms with E-state index in [-0.39, 0.29) is 24.7 Å². The van der Waals surface area contributed by atoms with Crippen molar-refractivity contribution < 1.29 is 23.1 Å². The van der Waals surface area contributed by atoms with Crippen LogP contribution in [0.2, 0.25) is 0 Å². The van der Waals surface area contributed by atoms with E-state index in [9.17, 15) is 18.0 Å². The molecule has 18 heavy (non-hydrogen) atoms. The summed E-state index contributed by atoms with van der Waals surface area (Å²) in [4.78, 5) is 24.0. The van der Waals surface area contributed by atoms with E-state index in [2.05, 4.69) is 0 Å². The van der Waals surface area contributed by atoms with Gasteiger partial charge in [-0.3, -0.25) is 9.59 Å². The molecule has 0 aromatic carbocycles. The maximum absolute atomic E-state index is 11.8. The summed E-state index contributed by atoms with van der Waals surface area (Å²) in [6.07, 6.45) is 0.422. The molecule has 0 aromatic rings. The number of aliphatic carboxylic acids is 1. The van der Waals surface area contributed by atoms with Crippen LogP contribution in [0.4, 0.5) is 0 Å². The third-order valence-electron chi connectivity index (χ3n) is 3.09. The second kappa shape index (κ2) is 5.66. The van der Waals surface area contributed by atoms with Crippen molar-refractivity contribution in [1.82, 2.24) is 9.21 Å². The summed E-state index contributed by atoms with van der Waals surface area (Å²) >= 11 is 0. The van der Waals surface area contributed by atoms with Crippen LogP contribution in [0, 0.1) is 5.92 Å². The van der Waals surface area contributed by atoms with Crippen LogP contribution in [-0.2, 0) is 19.6 Å². The topological polar surface area (TPSA) is 95.0 Å². The summed E-state index contributed by atoms with van der Waals surface area (Å²) in [5.41, 5.74) is 0. The Morgan fingerprint density at radius 2 is 2.06 bits per heavy atom. The lowest BCUT2D eigenvalue weighted by atomic mass is 10.1. The van der Waals surface area contributed by atoms with Gasteiger partial charge < -0.3 is 10.0 Å². The Labute approximate surface area is 106 Å². The van der Waals surface area contributed by atoms with Gasteiger partial charge in [0.1, 0.15) is 0 Å². The molecule has 1 atom stereocenters. The Kier molecular flexibility index (Phi) is 4.69. The van der Waals surface area contributed by atoms with Crippen molar-refractivity contribution in [2.75, 3.05) is 32.4 Å². The molecule has 0 spiro atoms. The molecule has 0 bridgehead atoms. The third kappa shape index (κ3) is 3.42. The molecular formula is C10H18N2O5S. The van der Waals surface area contributed by atoms with Gasteiger partial charge in [0, 0.05) is 20.1 Å². The van der Waals surface area contributed by atoms with Gasteiger partial charge >= 0.3 is 5.97 Å². The van der Waals surface area contributed by atoms with Gasteiger partial charge in [-0.05, 0) is 13.3 Å².